The maximum atomic E-state index is 12.5. The van der Waals surface area contributed by atoms with Gasteiger partial charge in [-0.05, 0) is 68.2 Å². The molecule has 1 aromatic heterocycles. The van der Waals surface area contributed by atoms with Gasteiger partial charge in [-0.1, -0.05) is 0 Å². The van der Waals surface area contributed by atoms with E-state index >= 15 is 0 Å². The number of methoxy groups -OCH3 is 2. The van der Waals surface area contributed by atoms with Crippen LogP contribution in [-0.2, 0) is 0 Å². The molecule has 1 amide bonds. The Balaban J connectivity index is 1.43. The molecule has 154 valence electrons. The summed E-state index contributed by atoms with van der Waals surface area (Å²) in [6.07, 6.45) is 3.49. The first-order valence-corrected chi connectivity index (χ1v) is 9.77. The quantitative estimate of drug-likeness (QED) is 0.689. The third-order valence-electron chi connectivity index (χ3n) is 5.25. The number of nitrogens with zero attached hydrogens (tertiary/aromatic N) is 2. The number of rotatable bonds is 8. The monoisotopic (exact) mass is 397 g/mol. The second-order valence-corrected chi connectivity index (χ2v) is 7.14. The molecule has 2 heterocycles. The molecule has 1 N–H and O–H groups in total. The van der Waals surface area contributed by atoms with Crippen LogP contribution in [0.3, 0.4) is 0 Å². The molecule has 7 heteroatoms. The van der Waals surface area contributed by atoms with Gasteiger partial charge in [0.2, 0.25) is 5.88 Å². The number of nitrogens with one attached hydrogen (secondary N) is 1. The molecule has 7 nitrogen and oxygen atoms in total. The summed E-state index contributed by atoms with van der Waals surface area (Å²) >= 11 is 0. The minimum absolute atomic E-state index is 0.114. The standard InChI is InChI=1S/C22H27N3O4/c1-28-18-7-5-17(6-8-18)20(26)15-25-12-9-16(10-13-25)14-24-21(27)19-4-3-11-23-22(19)29-2/h3-8,11,16H,9-10,12-15H2,1-2H3,(H,24,27). The number of ketones is 1. The molecule has 0 radical (unpaired) electrons. The second-order valence-electron chi connectivity index (χ2n) is 7.14. The Labute approximate surface area is 171 Å². The molecule has 0 spiro atoms. The first kappa shape index (κ1) is 20.8. The molecule has 3 rings (SSSR count). The normalized spacial score (nSPS) is 15.0. The molecule has 1 aromatic carbocycles. The summed E-state index contributed by atoms with van der Waals surface area (Å²) in [6, 6.07) is 10.6. The smallest absolute Gasteiger partial charge is 0.256 e. The van der Waals surface area contributed by atoms with Crippen molar-refractivity contribution in [2.24, 2.45) is 5.92 Å². The van der Waals surface area contributed by atoms with Crippen molar-refractivity contribution < 1.29 is 19.1 Å². The zero-order chi connectivity index (χ0) is 20.6. The Morgan fingerprint density at radius 2 is 1.83 bits per heavy atom. The highest BCUT2D eigenvalue weighted by Crippen LogP contribution is 2.19. The van der Waals surface area contributed by atoms with Gasteiger partial charge in [0.05, 0.1) is 20.8 Å². The van der Waals surface area contributed by atoms with Crippen LogP contribution in [-0.4, -0.2) is 62.0 Å². The summed E-state index contributed by atoms with van der Waals surface area (Å²) < 4.78 is 10.3. The van der Waals surface area contributed by atoms with Crippen molar-refractivity contribution in [3.63, 3.8) is 0 Å². The Hall–Kier alpha value is -2.93. The van der Waals surface area contributed by atoms with E-state index in [9.17, 15) is 9.59 Å². The molecule has 0 atom stereocenters. The molecule has 0 saturated carbocycles. The predicted octanol–water partition coefficient (Wildman–Crippen LogP) is 2.42. The van der Waals surface area contributed by atoms with Crippen LogP contribution in [0.15, 0.2) is 42.6 Å². The minimum Gasteiger partial charge on any atom is -0.497 e. The Kier molecular flexibility index (Phi) is 7.19. The number of carbonyl (C=O) groups excluding carboxylic acids is 2. The number of Topliss-reactive ketones (excluding diaryl/α,β-unsaturated/α-hetero) is 1. The third kappa shape index (κ3) is 5.54. The molecule has 1 saturated heterocycles. The van der Waals surface area contributed by atoms with Gasteiger partial charge in [-0.25, -0.2) is 4.98 Å². The number of hydrogen-bond donors (Lipinski definition) is 1. The first-order chi connectivity index (χ1) is 14.1. The van der Waals surface area contributed by atoms with Gasteiger partial charge in [-0.2, -0.15) is 0 Å². The van der Waals surface area contributed by atoms with Crippen LogP contribution in [0.25, 0.3) is 0 Å². The number of hydrogen-bond acceptors (Lipinski definition) is 6. The van der Waals surface area contributed by atoms with Gasteiger partial charge in [0.25, 0.3) is 5.91 Å². The number of benzene rings is 1. The topological polar surface area (TPSA) is 80.8 Å². The van der Waals surface area contributed by atoms with Crippen molar-refractivity contribution in [1.29, 1.82) is 0 Å². The van der Waals surface area contributed by atoms with Crippen LogP contribution in [0.5, 0.6) is 11.6 Å². The first-order valence-electron chi connectivity index (χ1n) is 9.77. The van der Waals surface area contributed by atoms with Gasteiger partial charge >= 0.3 is 0 Å². The maximum absolute atomic E-state index is 12.5. The molecule has 0 bridgehead atoms. The van der Waals surface area contributed by atoms with Gasteiger partial charge in [0.1, 0.15) is 11.3 Å². The molecule has 1 aliphatic rings. The Morgan fingerprint density at radius 3 is 2.48 bits per heavy atom. The second kappa shape index (κ2) is 10.0. The largest absolute Gasteiger partial charge is 0.497 e. The molecule has 0 aliphatic carbocycles. The number of piperidine rings is 1. The van der Waals surface area contributed by atoms with Crippen molar-refractivity contribution in [1.82, 2.24) is 15.2 Å². The summed E-state index contributed by atoms with van der Waals surface area (Å²) in [4.78, 5) is 31.1. The van der Waals surface area contributed by atoms with Gasteiger partial charge in [-0.15, -0.1) is 0 Å². The van der Waals surface area contributed by atoms with E-state index in [4.69, 9.17) is 9.47 Å². The van der Waals surface area contributed by atoms with E-state index in [2.05, 4.69) is 15.2 Å². The van der Waals surface area contributed by atoms with E-state index in [-0.39, 0.29) is 11.7 Å². The molecule has 1 fully saturated rings. The van der Waals surface area contributed by atoms with Crippen LogP contribution in [0.2, 0.25) is 0 Å². The lowest BCUT2D eigenvalue weighted by atomic mass is 9.96. The SMILES string of the molecule is COc1ccc(C(=O)CN2CCC(CNC(=O)c3cccnc3OC)CC2)cc1. The fraction of sp³-hybridized carbons (Fsp3) is 0.409. The van der Waals surface area contributed by atoms with Crippen molar-refractivity contribution >= 4 is 11.7 Å². The van der Waals surface area contributed by atoms with Crippen molar-refractivity contribution in [2.45, 2.75) is 12.8 Å². The summed E-state index contributed by atoms with van der Waals surface area (Å²) in [5.74, 6) is 1.41. The average molecular weight is 397 g/mol. The van der Waals surface area contributed by atoms with E-state index in [0.717, 1.165) is 31.7 Å². The van der Waals surface area contributed by atoms with Gasteiger partial charge in [-0.3, -0.25) is 14.5 Å². The number of aromatic nitrogens is 1. The molecule has 0 unspecified atom stereocenters. The zero-order valence-corrected chi connectivity index (χ0v) is 16.9. The maximum Gasteiger partial charge on any atom is 0.256 e. The van der Waals surface area contributed by atoms with Crippen LogP contribution in [0.1, 0.15) is 33.6 Å². The number of ether oxygens (including phenoxy) is 2. The molecular formula is C22H27N3O4. The van der Waals surface area contributed by atoms with Crippen LogP contribution in [0.4, 0.5) is 0 Å². The summed E-state index contributed by atoms with van der Waals surface area (Å²) in [6.45, 7) is 2.72. The van der Waals surface area contributed by atoms with E-state index in [1.165, 1.54) is 7.11 Å². The van der Waals surface area contributed by atoms with Crippen LogP contribution >= 0.6 is 0 Å². The van der Waals surface area contributed by atoms with E-state index in [1.807, 2.05) is 0 Å². The van der Waals surface area contributed by atoms with E-state index in [0.29, 0.717) is 36.0 Å². The lowest BCUT2D eigenvalue weighted by Crippen LogP contribution is -2.40. The molecule has 1 aliphatic heterocycles. The summed E-state index contributed by atoms with van der Waals surface area (Å²) in [5.41, 5.74) is 1.14. The summed E-state index contributed by atoms with van der Waals surface area (Å²) in [7, 11) is 3.11. The lowest BCUT2D eigenvalue weighted by Gasteiger charge is -2.31. The lowest BCUT2D eigenvalue weighted by molar-refractivity contribution is 0.0886. The summed E-state index contributed by atoms with van der Waals surface area (Å²) in [5, 5.41) is 2.98. The highest BCUT2D eigenvalue weighted by atomic mass is 16.5. The Morgan fingerprint density at radius 1 is 1.10 bits per heavy atom. The zero-order valence-electron chi connectivity index (χ0n) is 16.9. The minimum atomic E-state index is -0.174. The van der Waals surface area contributed by atoms with Crippen molar-refractivity contribution in [3.8, 4) is 11.6 Å². The van der Waals surface area contributed by atoms with Gasteiger partial charge < -0.3 is 14.8 Å². The number of carbonyl (C=O) groups is 2. The molecule has 29 heavy (non-hydrogen) atoms. The fourth-order valence-electron chi connectivity index (χ4n) is 3.48. The van der Waals surface area contributed by atoms with Gasteiger partial charge in [0.15, 0.2) is 5.78 Å². The Bertz CT molecular complexity index is 830. The highest BCUT2D eigenvalue weighted by molar-refractivity contribution is 5.97. The van der Waals surface area contributed by atoms with Crippen LogP contribution < -0.4 is 14.8 Å². The van der Waals surface area contributed by atoms with Crippen LogP contribution in [0, 0.1) is 5.92 Å². The number of amides is 1. The van der Waals surface area contributed by atoms with Crippen molar-refractivity contribution in [3.05, 3.63) is 53.7 Å². The third-order valence-corrected chi connectivity index (χ3v) is 5.25. The van der Waals surface area contributed by atoms with E-state index < -0.39 is 0 Å². The predicted molar refractivity (Wildman–Crippen MR) is 110 cm³/mol. The number of pyridine rings is 1. The fourth-order valence-corrected chi connectivity index (χ4v) is 3.48. The highest BCUT2D eigenvalue weighted by Gasteiger charge is 2.22. The average Bonchev–Trinajstić information content (AvgIpc) is 2.78. The van der Waals surface area contributed by atoms with E-state index in [1.54, 1.807) is 49.7 Å². The molecular weight excluding hydrogens is 370 g/mol. The number of likely N-dealkylation sites (tertiary alicyclic amines) is 1. The van der Waals surface area contributed by atoms with Crippen molar-refractivity contribution in [2.75, 3.05) is 40.4 Å². The molecule has 2 aromatic rings. The van der Waals surface area contributed by atoms with Gasteiger partial charge in [0, 0.05) is 18.3 Å².